The van der Waals surface area contributed by atoms with Crippen molar-refractivity contribution in [3.8, 4) is 0 Å². The average molecular weight is 266 g/mol. The van der Waals surface area contributed by atoms with E-state index < -0.39 is 0 Å². The lowest BCUT2D eigenvalue weighted by Gasteiger charge is -2.03. The molecule has 0 atom stereocenters. The van der Waals surface area contributed by atoms with Crippen molar-refractivity contribution in [3.05, 3.63) is 28.2 Å². The highest BCUT2D eigenvalue weighted by Crippen LogP contribution is 2.39. The third-order valence-electron chi connectivity index (χ3n) is 2.93. The maximum atomic E-state index is 6.26. The molecule has 2 aromatic rings. The first-order valence-electron chi connectivity index (χ1n) is 5.62. The quantitative estimate of drug-likeness (QED) is 0.682. The molecule has 0 saturated carbocycles. The monoisotopic (exact) mass is 265 g/mol. The van der Waals surface area contributed by atoms with Gasteiger partial charge in [-0.1, -0.05) is 17.7 Å². The highest BCUT2D eigenvalue weighted by atomic mass is 35.5. The minimum atomic E-state index is 0.570. The van der Waals surface area contributed by atoms with Crippen LogP contribution in [0.2, 0.25) is 5.15 Å². The van der Waals surface area contributed by atoms with E-state index in [9.17, 15) is 0 Å². The Morgan fingerprint density at radius 1 is 1.41 bits per heavy atom. The van der Waals surface area contributed by atoms with Gasteiger partial charge in [0.05, 0.1) is 5.39 Å². The van der Waals surface area contributed by atoms with Crippen LogP contribution >= 0.6 is 22.9 Å². The van der Waals surface area contributed by atoms with Crippen molar-refractivity contribution in [2.75, 3.05) is 11.9 Å². The third kappa shape index (κ3) is 1.81. The Kier molecular flexibility index (Phi) is 2.76. The third-order valence-corrected chi connectivity index (χ3v) is 4.38. The van der Waals surface area contributed by atoms with E-state index in [1.165, 1.54) is 16.9 Å². The Balaban J connectivity index is 2.11. The van der Waals surface area contributed by atoms with Gasteiger partial charge in [0.25, 0.3) is 0 Å². The molecular weight excluding hydrogens is 254 g/mol. The zero-order chi connectivity index (χ0) is 11.8. The van der Waals surface area contributed by atoms with Gasteiger partial charge in [-0.15, -0.1) is 17.9 Å². The lowest BCUT2D eigenvalue weighted by atomic mass is 10.2. The van der Waals surface area contributed by atoms with Crippen molar-refractivity contribution in [1.82, 2.24) is 9.97 Å². The second-order valence-corrected chi connectivity index (χ2v) is 5.49. The molecule has 5 heteroatoms. The van der Waals surface area contributed by atoms with Crippen LogP contribution in [-0.2, 0) is 12.8 Å². The van der Waals surface area contributed by atoms with Gasteiger partial charge in [-0.3, -0.25) is 0 Å². The van der Waals surface area contributed by atoms with E-state index in [0.29, 0.717) is 17.6 Å². The molecule has 0 amide bonds. The van der Waals surface area contributed by atoms with Crippen molar-refractivity contribution < 1.29 is 0 Å². The van der Waals surface area contributed by atoms with Gasteiger partial charge < -0.3 is 5.32 Å². The van der Waals surface area contributed by atoms with Gasteiger partial charge >= 0.3 is 0 Å². The molecule has 1 N–H and O–H groups in total. The molecule has 3 nitrogen and oxygen atoms in total. The first-order chi connectivity index (χ1) is 8.29. The molecule has 2 heterocycles. The minimum Gasteiger partial charge on any atom is -0.351 e. The van der Waals surface area contributed by atoms with E-state index in [2.05, 4.69) is 21.9 Å². The lowest BCUT2D eigenvalue weighted by Crippen LogP contribution is -2.02. The van der Waals surface area contributed by atoms with Crippen molar-refractivity contribution in [2.45, 2.75) is 19.3 Å². The molecule has 88 valence electrons. The first-order valence-corrected chi connectivity index (χ1v) is 6.81. The lowest BCUT2D eigenvalue weighted by molar-refractivity contribution is 0.917. The maximum Gasteiger partial charge on any atom is 0.225 e. The van der Waals surface area contributed by atoms with E-state index in [4.69, 9.17) is 11.6 Å². The van der Waals surface area contributed by atoms with Gasteiger partial charge in [-0.05, 0) is 24.8 Å². The molecule has 0 radical (unpaired) electrons. The molecule has 0 fully saturated rings. The predicted molar refractivity (Wildman–Crippen MR) is 73.1 cm³/mol. The van der Waals surface area contributed by atoms with E-state index in [0.717, 1.165) is 23.1 Å². The summed E-state index contributed by atoms with van der Waals surface area (Å²) >= 11 is 8.00. The molecule has 2 aromatic heterocycles. The SMILES string of the molecule is C=CCNc1nc(Cl)c2c3c(sc2n1)CCC3. The molecular formula is C12H12ClN3S. The van der Waals surface area contributed by atoms with Gasteiger partial charge in [0.1, 0.15) is 9.98 Å². The van der Waals surface area contributed by atoms with Gasteiger partial charge in [-0.25, -0.2) is 9.97 Å². The fraction of sp³-hybridized carbons (Fsp3) is 0.333. The van der Waals surface area contributed by atoms with E-state index >= 15 is 0 Å². The molecule has 0 unspecified atom stereocenters. The van der Waals surface area contributed by atoms with E-state index in [-0.39, 0.29) is 0 Å². The predicted octanol–water partition coefficient (Wildman–Crippen LogP) is 3.43. The fourth-order valence-corrected chi connectivity index (χ4v) is 3.79. The number of rotatable bonds is 3. The summed E-state index contributed by atoms with van der Waals surface area (Å²) in [5, 5.41) is 4.71. The van der Waals surface area contributed by atoms with Crippen molar-refractivity contribution in [1.29, 1.82) is 0 Å². The van der Waals surface area contributed by atoms with Crippen LogP contribution in [0, 0.1) is 0 Å². The van der Waals surface area contributed by atoms with Gasteiger partial charge in [0, 0.05) is 11.4 Å². The summed E-state index contributed by atoms with van der Waals surface area (Å²) in [5.74, 6) is 0.585. The Morgan fingerprint density at radius 3 is 3.12 bits per heavy atom. The topological polar surface area (TPSA) is 37.8 Å². The number of hydrogen-bond acceptors (Lipinski definition) is 4. The normalized spacial score (nSPS) is 13.9. The van der Waals surface area contributed by atoms with Gasteiger partial charge in [0.2, 0.25) is 5.95 Å². The van der Waals surface area contributed by atoms with Gasteiger partial charge in [0.15, 0.2) is 0 Å². The number of nitrogens with zero attached hydrogens (tertiary/aromatic N) is 2. The largest absolute Gasteiger partial charge is 0.351 e. The number of hydrogen-bond donors (Lipinski definition) is 1. The molecule has 3 rings (SSSR count). The first kappa shape index (κ1) is 11.0. The fourth-order valence-electron chi connectivity index (χ4n) is 2.19. The molecule has 0 aliphatic heterocycles. The molecule has 17 heavy (non-hydrogen) atoms. The van der Waals surface area contributed by atoms with E-state index in [1.54, 1.807) is 17.4 Å². The van der Waals surface area contributed by atoms with Crippen molar-refractivity contribution >= 4 is 39.1 Å². The number of aromatic nitrogens is 2. The molecule has 0 aromatic carbocycles. The Labute approximate surface area is 109 Å². The summed E-state index contributed by atoms with van der Waals surface area (Å²) in [6.45, 7) is 4.30. The van der Waals surface area contributed by atoms with Crippen LogP contribution in [0.1, 0.15) is 16.9 Å². The Hall–Kier alpha value is -1.13. The second kappa shape index (κ2) is 4.27. The van der Waals surface area contributed by atoms with Crippen LogP contribution in [0.15, 0.2) is 12.7 Å². The molecule has 1 aliphatic carbocycles. The highest BCUT2D eigenvalue weighted by molar-refractivity contribution is 7.19. The summed E-state index contributed by atoms with van der Waals surface area (Å²) in [5.41, 5.74) is 1.37. The zero-order valence-corrected chi connectivity index (χ0v) is 10.9. The molecule has 0 spiro atoms. The number of aryl methyl sites for hydroxylation is 2. The number of anilines is 1. The highest BCUT2D eigenvalue weighted by Gasteiger charge is 2.21. The number of nitrogens with one attached hydrogen (secondary N) is 1. The van der Waals surface area contributed by atoms with Crippen LogP contribution in [0.3, 0.4) is 0 Å². The van der Waals surface area contributed by atoms with Crippen molar-refractivity contribution in [3.63, 3.8) is 0 Å². The second-order valence-electron chi connectivity index (χ2n) is 4.05. The molecule has 1 aliphatic rings. The minimum absolute atomic E-state index is 0.570. The van der Waals surface area contributed by atoms with E-state index in [1.807, 2.05) is 0 Å². The summed E-state index contributed by atoms with van der Waals surface area (Å²) < 4.78 is 0. The van der Waals surface area contributed by atoms with Gasteiger partial charge in [-0.2, -0.15) is 0 Å². The van der Waals surface area contributed by atoms with Crippen LogP contribution in [0.5, 0.6) is 0 Å². The Bertz CT molecular complexity index is 591. The average Bonchev–Trinajstić information content (AvgIpc) is 2.85. The zero-order valence-electron chi connectivity index (χ0n) is 9.29. The van der Waals surface area contributed by atoms with Crippen molar-refractivity contribution in [2.24, 2.45) is 0 Å². The summed E-state index contributed by atoms with van der Waals surface area (Å²) in [7, 11) is 0. The Morgan fingerprint density at radius 2 is 2.29 bits per heavy atom. The summed E-state index contributed by atoms with van der Waals surface area (Å²) in [6.07, 6.45) is 5.26. The maximum absolute atomic E-state index is 6.26. The van der Waals surface area contributed by atoms with Crippen LogP contribution in [-0.4, -0.2) is 16.5 Å². The number of halogens is 1. The molecule has 0 saturated heterocycles. The van der Waals surface area contributed by atoms with Crippen LogP contribution < -0.4 is 5.32 Å². The van der Waals surface area contributed by atoms with Crippen LogP contribution in [0.4, 0.5) is 5.95 Å². The molecule has 0 bridgehead atoms. The van der Waals surface area contributed by atoms with Crippen LogP contribution in [0.25, 0.3) is 10.2 Å². The smallest absolute Gasteiger partial charge is 0.225 e. The summed E-state index contributed by atoms with van der Waals surface area (Å²) in [6, 6.07) is 0. The summed E-state index contributed by atoms with van der Waals surface area (Å²) in [4.78, 5) is 11.2. The number of thiophene rings is 1. The number of fused-ring (bicyclic) bond motifs is 3. The standard InChI is InChI=1S/C12H12ClN3S/c1-2-6-14-12-15-10(13)9-7-4-3-5-8(7)17-11(9)16-12/h2H,1,3-6H2,(H,14,15,16).